The standard InChI is InChI=1S/C16H19N3O2/c1-19-15-4-2-3-13(12(15)8-17-19)18-14-9-21-16-7-10(20)5-6-11(14)16/h5-8,13-14,18,20H,2-4,9H2,1H3. The lowest BCUT2D eigenvalue weighted by Gasteiger charge is -2.26. The Labute approximate surface area is 123 Å². The van der Waals surface area contributed by atoms with Gasteiger partial charge in [-0.15, -0.1) is 0 Å². The fourth-order valence-electron chi connectivity index (χ4n) is 3.46. The molecule has 5 heteroatoms. The molecule has 21 heavy (non-hydrogen) atoms. The fraction of sp³-hybridized carbons (Fsp3) is 0.438. The van der Waals surface area contributed by atoms with E-state index in [2.05, 4.69) is 10.4 Å². The van der Waals surface area contributed by atoms with Gasteiger partial charge in [-0.1, -0.05) is 0 Å². The Balaban J connectivity index is 1.59. The zero-order valence-electron chi connectivity index (χ0n) is 12.0. The minimum Gasteiger partial charge on any atom is -0.508 e. The van der Waals surface area contributed by atoms with E-state index >= 15 is 0 Å². The molecule has 110 valence electrons. The maximum atomic E-state index is 9.53. The minimum absolute atomic E-state index is 0.178. The average molecular weight is 285 g/mol. The van der Waals surface area contributed by atoms with Crippen LogP contribution < -0.4 is 10.1 Å². The van der Waals surface area contributed by atoms with Gasteiger partial charge in [0.15, 0.2) is 0 Å². The Kier molecular flexibility index (Phi) is 2.89. The van der Waals surface area contributed by atoms with E-state index in [1.54, 1.807) is 12.1 Å². The highest BCUT2D eigenvalue weighted by molar-refractivity contribution is 5.44. The largest absolute Gasteiger partial charge is 0.508 e. The number of aromatic hydroxyl groups is 1. The van der Waals surface area contributed by atoms with Gasteiger partial charge in [0.2, 0.25) is 0 Å². The number of phenols is 1. The molecule has 2 atom stereocenters. The number of phenolic OH excluding ortho intramolecular Hbond substituents is 1. The minimum atomic E-state index is 0.178. The number of hydrogen-bond acceptors (Lipinski definition) is 4. The number of nitrogens with one attached hydrogen (secondary N) is 1. The van der Waals surface area contributed by atoms with Crippen molar-refractivity contribution in [1.29, 1.82) is 0 Å². The fourth-order valence-corrected chi connectivity index (χ4v) is 3.46. The van der Waals surface area contributed by atoms with Crippen LogP contribution >= 0.6 is 0 Å². The second kappa shape index (κ2) is 4.77. The number of hydrogen-bond donors (Lipinski definition) is 2. The van der Waals surface area contributed by atoms with E-state index in [4.69, 9.17) is 4.74 Å². The molecule has 1 aliphatic carbocycles. The number of benzene rings is 1. The number of aryl methyl sites for hydroxylation is 1. The molecule has 0 saturated carbocycles. The smallest absolute Gasteiger partial charge is 0.127 e. The van der Waals surface area contributed by atoms with Crippen molar-refractivity contribution in [2.75, 3.05) is 6.61 Å². The maximum Gasteiger partial charge on any atom is 0.127 e. The summed E-state index contributed by atoms with van der Waals surface area (Å²) in [5, 5.41) is 17.6. The third-order valence-electron chi connectivity index (χ3n) is 4.56. The Morgan fingerprint density at radius 2 is 2.24 bits per heavy atom. The van der Waals surface area contributed by atoms with Gasteiger partial charge in [-0.2, -0.15) is 5.10 Å². The van der Waals surface area contributed by atoms with Crippen LogP contribution in [0, 0.1) is 0 Å². The summed E-state index contributed by atoms with van der Waals surface area (Å²) in [7, 11) is 2.01. The van der Waals surface area contributed by atoms with E-state index in [0.29, 0.717) is 12.6 Å². The summed E-state index contributed by atoms with van der Waals surface area (Å²) in [4.78, 5) is 0. The van der Waals surface area contributed by atoms with Gasteiger partial charge in [-0.05, 0) is 31.4 Å². The normalized spacial score (nSPS) is 23.5. The first kappa shape index (κ1) is 12.7. The third-order valence-corrected chi connectivity index (χ3v) is 4.56. The van der Waals surface area contributed by atoms with Crippen LogP contribution in [0.5, 0.6) is 11.5 Å². The lowest BCUT2D eigenvalue weighted by Crippen LogP contribution is -2.30. The lowest BCUT2D eigenvalue weighted by atomic mass is 9.92. The maximum absolute atomic E-state index is 9.53. The van der Waals surface area contributed by atoms with Crippen LogP contribution in [0.2, 0.25) is 0 Å². The van der Waals surface area contributed by atoms with Gasteiger partial charge >= 0.3 is 0 Å². The van der Waals surface area contributed by atoms with Gasteiger partial charge in [-0.25, -0.2) is 0 Å². The molecular formula is C16H19N3O2. The van der Waals surface area contributed by atoms with Crippen molar-refractivity contribution in [2.45, 2.75) is 31.3 Å². The Morgan fingerprint density at radius 3 is 3.14 bits per heavy atom. The number of rotatable bonds is 2. The first-order chi connectivity index (χ1) is 10.2. The zero-order chi connectivity index (χ0) is 14.4. The second-order valence-electron chi connectivity index (χ2n) is 5.87. The van der Waals surface area contributed by atoms with Crippen LogP contribution in [0.3, 0.4) is 0 Å². The molecule has 4 rings (SSSR count). The number of ether oxygens (including phenoxy) is 1. The predicted octanol–water partition coefficient (Wildman–Crippen LogP) is 2.23. The van der Waals surface area contributed by atoms with Crippen molar-refractivity contribution >= 4 is 0 Å². The molecule has 0 saturated heterocycles. The first-order valence-corrected chi connectivity index (χ1v) is 7.45. The molecule has 0 amide bonds. The first-order valence-electron chi connectivity index (χ1n) is 7.45. The van der Waals surface area contributed by atoms with Crippen molar-refractivity contribution in [2.24, 2.45) is 7.05 Å². The van der Waals surface area contributed by atoms with Crippen molar-refractivity contribution in [3.63, 3.8) is 0 Å². The molecule has 1 aromatic heterocycles. The molecule has 2 N–H and O–H groups in total. The SMILES string of the molecule is Cn1ncc2c1CCCC2NC1COc2cc(O)ccc21. The predicted molar refractivity (Wildman–Crippen MR) is 78.4 cm³/mol. The molecule has 0 fully saturated rings. The summed E-state index contributed by atoms with van der Waals surface area (Å²) in [5.74, 6) is 1.04. The van der Waals surface area contributed by atoms with Crippen molar-refractivity contribution in [3.05, 3.63) is 41.2 Å². The van der Waals surface area contributed by atoms with Gasteiger partial charge in [0.1, 0.15) is 18.1 Å². The Morgan fingerprint density at radius 1 is 1.33 bits per heavy atom. The highest BCUT2D eigenvalue weighted by Gasteiger charge is 2.30. The van der Waals surface area contributed by atoms with Crippen molar-refractivity contribution < 1.29 is 9.84 Å². The molecule has 1 aliphatic heterocycles. The summed E-state index contributed by atoms with van der Waals surface area (Å²) in [6.45, 7) is 0.616. The summed E-state index contributed by atoms with van der Waals surface area (Å²) in [6, 6.07) is 5.86. The topological polar surface area (TPSA) is 59.3 Å². The van der Waals surface area contributed by atoms with E-state index in [0.717, 1.165) is 24.2 Å². The van der Waals surface area contributed by atoms with Gasteiger partial charge in [0.25, 0.3) is 0 Å². The highest BCUT2D eigenvalue weighted by Crippen LogP contribution is 2.38. The van der Waals surface area contributed by atoms with Crippen molar-refractivity contribution in [3.8, 4) is 11.5 Å². The molecule has 2 heterocycles. The molecular weight excluding hydrogens is 266 g/mol. The average Bonchev–Trinajstić information content (AvgIpc) is 3.04. The molecule has 2 aliphatic rings. The molecule has 0 radical (unpaired) electrons. The van der Waals surface area contributed by atoms with Crippen molar-refractivity contribution in [1.82, 2.24) is 15.1 Å². The molecule has 1 aromatic carbocycles. The van der Waals surface area contributed by atoms with E-state index in [-0.39, 0.29) is 11.8 Å². The monoisotopic (exact) mass is 285 g/mol. The van der Waals surface area contributed by atoms with E-state index in [9.17, 15) is 5.11 Å². The van der Waals surface area contributed by atoms with Crippen LogP contribution in [0.1, 0.15) is 41.7 Å². The van der Waals surface area contributed by atoms with Crippen LogP contribution in [0.25, 0.3) is 0 Å². The molecule has 5 nitrogen and oxygen atoms in total. The summed E-state index contributed by atoms with van der Waals surface area (Å²) in [6.07, 6.45) is 5.40. The van der Waals surface area contributed by atoms with Gasteiger partial charge in [0.05, 0.1) is 12.2 Å². The van der Waals surface area contributed by atoms with Crippen LogP contribution in [0.15, 0.2) is 24.4 Å². The molecule has 0 spiro atoms. The number of aromatic nitrogens is 2. The summed E-state index contributed by atoms with van der Waals surface area (Å²) >= 11 is 0. The van der Waals surface area contributed by atoms with Gasteiger partial charge < -0.3 is 9.84 Å². The lowest BCUT2D eigenvalue weighted by molar-refractivity contribution is 0.289. The quantitative estimate of drug-likeness (QED) is 0.888. The highest BCUT2D eigenvalue weighted by atomic mass is 16.5. The van der Waals surface area contributed by atoms with E-state index in [1.165, 1.54) is 17.7 Å². The van der Waals surface area contributed by atoms with Gasteiger partial charge in [-0.3, -0.25) is 10.00 Å². The van der Waals surface area contributed by atoms with Crippen LogP contribution in [-0.2, 0) is 13.5 Å². The van der Waals surface area contributed by atoms with Gasteiger partial charge in [0, 0.05) is 36.0 Å². The molecule has 2 unspecified atom stereocenters. The van der Waals surface area contributed by atoms with E-state index in [1.807, 2.05) is 24.0 Å². The Hall–Kier alpha value is -2.01. The van der Waals surface area contributed by atoms with E-state index < -0.39 is 0 Å². The Bertz CT molecular complexity index is 680. The second-order valence-corrected chi connectivity index (χ2v) is 5.87. The molecule has 0 bridgehead atoms. The number of nitrogens with zero attached hydrogens (tertiary/aromatic N) is 2. The third kappa shape index (κ3) is 2.08. The molecule has 2 aromatic rings. The number of fused-ring (bicyclic) bond motifs is 2. The summed E-state index contributed by atoms with van der Waals surface area (Å²) in [5.41, 5.74) is 3.78. The van der Waals surface area contributed by atoms with Crippen LogP contribution in [-0.4, -0.2) is 21.5 Å². The summed E-state index contributed by atoms with van der Waals surface area (Å²) < 4.78 is 7.67. The zero-order valence-corrected chi connectivity index (χ0v) is 12.0. The van der Waals surface area contributed by atoms with Crippen LogP contribution in [0.4, 0.5) is 0 Å².